The van der Waals surface area contributed by atoms with Gasteiger partial charge in [0.1, 0.15) is 5.78 Å². The number of allylic oxidation sites excluding steroid dienone is 1. The first-order valence-electron chi connectivity index (χ1n) is 8.87. The van der Waals surface area contributed by atoms with Crippen LogP contribution in [0.15, 0.2) is 11.3 Å². The van der Waals surface area contributed by atoms with E-state index in [9.17, 15) is 14.7 Å². The molecule has 5 atom stereocenters. The van der Waals surface area contributed by atoms with Gasteiger partial charge in [-0.2, -0.15) is 0 Å². The molecule has 4 aliphatic carbocycles. The SMILES string of the molecule is C[C@@]12CC[C@H]3[C@@H](CCC4=C(O)C(=O)CC[C@@]43C)[C@@H]1CCC2=O. The molecule has 1 N–H and O–H groups in total. The molecule has 22 heavy (non-hydrogen) atoms. The fourth-order valence-electron chi connectivity index (χ4n) is 6.46. The van der Waals surface area contributed by atoms with Gasteiger partial charge in [-0.3, -0.25) is 9.59 Å². The molecule has 0 amide bonds. The molecular weight excluding hydrogens is 276 g/mol. The number of carbonyl (C=O) groups excluding carboxylic acids is 2. The van der Waals surface area contributed by atoms with E-state index < -0.39 is 0 Å². The summed E-state index contributed by atoms with van der Waals surface area (Å²) >= 11 is 0. The number of fused-ring (bicyclic) bond motifs is 5. The number of aliphatic hydroxyl groups excluding tert-OH is 1. The summed E-state index contributed by atoms with van der Waals surface area (Å²) in [6.45, 7) is 4.46. The van der Waals surface area contributed by atoms with E-state index in [-0.39, 0.29) is 22.4 Å². The van der Waals surface area contributed by atoms with Gasteiger partial charge in [0.2, 0.25) is 0 Å². The van der Waals surface area contributed by atoms with Crippen molar-refractivity contribution in [2.24, 2.45) is 28.6 Å². The lowest BCUT2D eigenvalue weighted by Gasteiger charge is -2.56. The second-order valence-corrected chi connectivity index (χ2v) is 8.50. The molecule has 0 saturated heterocycles. The van der Waals surface area contributed by atoms with Crippen LogP contribution in [0.4, 0.5) is 0 Å². The summed E-state index contributed by atoms with van der Waals surface area (Å²) in [7, 11) is 0. The van der Waals surface area contributed by atoms with Crippen molar-refractivity contribution in [3.63, 3.8) is 0 Å². The molecule has 0 bridgehead atoms. The number of ketones is 2. The first-order valence-corrected chi connectivity index (χ1v) is 8.87. The summed E-state index contributed by atoms with van der Waals surface area (Å²) < 4.78 is 0. The Bertz CT molecular complexity index is 589. The van der Waals surface area contributed by atoms with Gasteiger partial charge in [-0.05, 0) is 67.3 Å². The molecule has 0 unspecified atom stereocenters. The maximum atomic E-state index is 12.4. The normalized spacial score (nSPS) is 48.0. The van der Waals surface area contributed by atoms with Crippen LogP contribution in [0.2, 0.25) is 0 Å². The third kappa shape index (κ3) is 1.63. The lowest BCUT2D eigenvalue weighted by atomic mass is 9.47. The second kappa shape index (κ2) is 4.46. The van der Waals surface area contributed by atoms with Crippen LogP contribution >= 0.6 is 0 Å². The molecule has 0 spiro atoms. The molecule has 3 nitrogen and oxygen atoms in total. The fraction of sp³-hybridized carbons (Fsp3) is 0.789. The van der Waals surface area contributed by atoms with Crippen molar-refractivity contribution in [2.45, 2.75) is 65.2 Å². The molecule has 4 aliphatic rings. The summed E-state index contributed by atoms with van der Waals surface area (Å²) in [6.07, 6.45) is 7.13. The van der Waals surface area contributed by atoms with Crippen LogP contribution in [-0.2, 0) is 9.59 Å². The van der Waals surface area contributed by atoms with Gasteiger partial charge in [0.25, 0.3) is 0 Å². The van der Waals surface area contributed by atoms with Gasteiger partial charge in [-0.25, -0.2) is 0 Å². The number of Topliss-reactive ketones (excluding diaryl/α,β-unsaturated/α-hetero) is 2. The van der Waals surface area contributed by atoms with Crippen molar-refractivity contribution in [1.29, 1.82) is 0 Å². The highest BCUT2D eigenvalue weighted by Crippen LogP contribution is 2.64. The zero-order chi connectivity index (χ0) is 15.7. The summed E-state index contributed by atoms with van der Waals surface area (Å²) in [5.41, 5.74) is 0.914. The van der Waals surface area contributed by atoms with E-state index >= 15 is 0 Å². The molecule has 120 valence electrons. The minimum atomic E-state index is -0.0920. The minimum Gasteiger partial charge on any atom is -0.504 e. The average Bonchev–Trinajstić information content (AvgIpc) is 2.79. The fourth-order valence-corrected chi connectivity index (χ4v) is 6.46. The quantitative estimate of drug-likeness (QED) is 0.736. The molecule has 0 aromatic carbocycles. The Hall–Kier alpha value is -1.12. The number of rotatable bonds is 0. The maximum absolute atomic E-state index is 12.4. The van der Waals surface area contributed by atoms with Gasteiger partial charge >= 0.3 is 0 Å². The van der Waals surface area contributed by atoms with E-state index in [0.29, 0.717) is 30.0 Å². The molecular formula is C19H26O3. The molecule has 3 heteroatoms. The van der Waals surface area contributed by atoms with E-state index in [1.807, 2.05) is 0 Å². The van der Waals surface area contributed by atoms with Crippen molar-refractivity contribution in [1.82, 2.24) is 0 Å². The molecule has 0 aliphatic heterocycles. The van der Waals surface area contributed by atoms with Crippen LogP contribution in [0.1, 0.15) is 65.2 Å². The van der Waals surface area contributed by atoms with Crippen LogP contribution in [0, 0.1) is 28.6 Å². The van der Waals surface area contributed by atoms with E-state index in [1.54, 1.807) is 0 Å². The van der Waals surface area contributed by atoms with E-state index in [1.165, 1.54) is 0 Å². The average molecular weight is 302 g/mol. The molecule has 0 aromatic rings. The smallest absolute Gasteiger partial charge is 0.197 e. The second-order valence-electron chi connectivity index (χ2n) is 8.50. The number of aliphatic hydroxyl groups is 1. The van der Waals surface area contributed by atoms with E-state index in [0.717, 1.165) is 50.5 Å². The lowest BCUT2D eigenvalue weighted by molar-refractivity contribution is -0.133. The minimum absolute atomic E-state index is 0.0200. The Balaban J connectivity index is 1.73. The largest absolute Gasteiger partial charge is 0.504 e. The third-order valence-electron chi connectivity index (χ3n) is 7.80. The van der Waals surface area contributed by atoms with Crippen LogP contribution in [0.25, 0.3) is 0 Å². The van der Waals surface area contributed by atoms with Crippen molar-refractivity contribution < 1.29 is 14.7 Å². The summed E-state index contributed by atoms with van der Waals surface area (Å²) in [4.78, 5) is 24.2. The Labute approximate surface area is 132 Å². The van der Waals surface area contributed by atoms with Gasteiger partial charge in [-0.15, -0.1) is 0 Å². The molecule has 0 radical (unpaired) electrons. The molecule has 0 heterocycles. The lowest BCUT2D eigenvalue weighted by Crippen LogP contribution is -2.51. The van der Waals surface area contributed by atoms with Crippen molar-refractivity contribution in [3.8, 4) is 0 Å². The number of hydrogen-bond donors (Lipinski definition) is 1. The first kappa shape index (κ1) is 14.5. The number of hydrogen-bond acceptors (Lipinski definition) is 3. The van der Waals surface area contributed by atoms with Gasteiger partial charge < -0.3 is 5.11 Å². The predicted molar refractivity (Wildman–Crippen MR) is 83.3 cm³/mol. The third-order valence-corrected chi connectivity index (χ3v) is 7.80. The Morgan fingerprint density at radius 3 is 2.41 bits per heavy atom. The summed E-state index contributed by atoms with van der Waals surface area (Å²) in [5.74, 6) is 2.14. The van der Waals surface area contributed by atoms with E-state index in [2.05, 4.69) is 13.8 Å². The van der Waals surface area contributed by atoms with Crippen LogP contribution < -0.4 is 0 Å². The molecule has 4 rings (SSSR count). The summed E-state index contributed by atoms with van der Waals surface area (Å²) in [5, 5.41) is 10.3. The molecule has 3 saturated carbocycles. The van der Waals surface area contributed by atoms with Crippen molar-refractivity contribution in [2.75, 3.05) is 0 Å². The first-order chi connectivity index (χ1) is 10.4. The summed E-state index contributed by atoms with van der Waals surface area (Å²) in [6, 6.07) is 0. The van der Waals surface area contributed by atoms with Crippen LogP contribution in [0.5, 0.6) is 0 Å². The molecule has 3 fully saturated rings. The van der Waals surface area contributed by atoms with Crippen molar-refractivity contribution >= 4 is 11.6 Å². The Morgan fingerprint density at radius 2 is 1.64 bits per heavy atom. The predicted octanol–water partition coefficient (Wildman–Crippen LogP) is 3.97. The van der Waals surface area contributed by atoms with Crippen LogP contribution in [-0.4, -0.2) is 16.7 Å². The Morgan fingerprint density at radius 1 is 0.909 bits per heavy atom. The molecule has 0 aromatic heterocycles. The zero-order valence-corrected chi connectivity index (χ0v) is 13.7. The number of carbonyl (C=O) groups is 2. The highest BCUT2D eigenvalue weighted by molar-refractivity contribution is 5.95. The van der Waals surface area contributed by atoms with E-state index in [4.69, 9.17) is 0 Å². The van der Waals surface area contributed by atoms with Gasteiger partial charge in [-0.1, -0.05) is 13.8 Å². The maximum Gasteiger partial charge on any atom is 0.197 e. The van der Waals surface area contributed by atoms with Gasteiger partial charge in [0, 0.05) is 18.3 Å². The highest BCUT2D eigenvalue weighted by atomic mass is 16.3. The van der Waals surface area contributed by atoms with Crippen molar-refractivity contribution in [3.05, 3.63) is 11.3 Å². The monoisotopic (exact) mass is 302 g/mol. The highest BCUT2D eigenvalue weighted by Gasteiger charge is 2.59. The standard InChI is InChI=1S/C19H26O3/c1-18-10-8-15(20)17(22)14(18)4-3-11-12-5-6-16(21)19(12,2)9-7-13(11)18/h11-13,22H,3-10H2,1-2H3/t11-,12-,13-,18+,19+/m0/s1. The Kier molecular flexibility index (Phi) is 2.93. The zero-order valence-electron chi connectivity index (χ0n) is 13.7. The van der Waals surface area contributed by atoms with Gasteiger partial charge in [0.15, 0.2) is 11.5 Å². The van der Waals surface area contributed by atoms with Gasteiger partial charge in [0.05, 0.1) is 0 Å². The topological polar surface area (TPSA) is 54.4 Å². The van der Waals surface area contributed by atoms with Crippen LogP contribution in [0.3, 0.4) is 0 Å².